The molecule has 0 amide bonds. The van der Waals surface area contributed by atoms with Crippen molar-refractivity contribution in [2.45, 2.75) is 0 Å². The number of ether oxygens (including phenoxy) is 2. The molecule has 0 aliphatic carbocycles. The molecule has 0 saturated heterocycles. The molecule has 0 atom stereocenters. The summed E-state index contributed by atoms with van der Waals surface area (Å²) in [7, 11) is 0. The van der Waals surface area contributed by atoms with Gasteiger partial charge in [-0.1, -0.05) is 36.4 Å². The first-order chi connectivity index (χ1) is 13.7. The minimum Gasteiger partial charge on any atom is -0.452 e. The Morgan fingerprint density at radius 1 is 1.00 bits per heavy atom. The van der Waals surface area contributed by atoms with Crippen LogP contribution in [0.2, 0.25) is 0 Å². The van der Waals surface area contributed by atoms with Gasteiger partial charge < -0.3 is 9.47 Å². The van der Waals surface area contributed by atoms with E-state index in [0.717, 1.165) is 11.1 Å². The highest BCUT2D eigenvalue weighted by Crippen LogP contribution is 2.34. The van der Waals surface area contributed by atoms with Gasteiger partial charge in [-0.15, -0.1) is 0 Å². The van der Waals surface area contributed by atoms with Crippen LogP contribution in [0.3, 0.4) is 0 Å². The number of rotatable bonds is 4. The van der Waals surface area contributed by atoms with Gasteiger partial charge in [-0.2, -0.15) is 0 Å². The number of benzene rings is 2. The normalized spacial score (nSPS) is 14.1. The van der Waals surface area contributed by atoms with Crippen LogP contribution in [0.15, 0.2) is 84.9 Å². The number of ketones is 1. The summed E-state index contributed by atoms with van der Waals surface area (Å²) in [5.41, 5.74) is 2.08. The molecule has 0 bridgehead atoms. The quantitative estimate of drug-likeness (QED) is 0.389. The number of hydrogen-bond donors (Lipinski definition) is 0. The van der Waals surface area contributed by atoms with E-state index in [-0.39, 0.29) is 11.5 Å². The molecule has 1 aromatic heterocycles. The summed E-state index contributed by atoms with van der Waals surface area (Å²) >= 11 is 0. The van der Waals surface area contributed by atoms with E-state index in [0.29, 0.717) is 17.1 Å². The Morgan fingerprint density at radius 3 is 2.61 bits per heavy atom. The Labute approximate surface area is 161 Å². The van der Waals surface area contributed by atoms with E-state index in [1.54, 1.807) is 42.7 Å². The number of carbonyl (C=O) groups excluding carboxylic acids is 2. The maximum Gasteiger partial charge on any atom is 0.336 e. The molecule has 0 N–H and O–H groups in total. The minimum absolute atomic E-state index is 0.204. The molecule has 0 saturated carbocycles. The largest absolute Gasteiger partial charge is 0.452 e. The minimum atomic E-state index is -0.515. The Balaban J connectivity index is 1.48. The van der Waals surface area contributed by atoms with Crippen molar-refractivity contribution in [3.05, 3.63) is 102 Å². The van der Waals surface area contributed by atoms with Crippen molar-refractivity contribution in [3.8, 4) is 11.5 Å². The highest BCUT2D eigenvalue weighted by atomic mass is 16.5. The molecule has 0 radical (unpaired) electrons. The third-order valence-corrected chi connectivity index (χ3v) is 4.05. The smallest absolute Gasteiger partial charge is 0.336 e. The molecule has 5 heteroatoms. The van der Waals surface area contributed by atoms with E-state index < -0.39 is 5.97 Å². The molecule has 2 heterocycles. The average molecular weight is 369 g/mol. The van der Waals surface area contributed by atoms with Crippen LogP contribution in [-0.4, -0.2) is 16.7 Å². The molecule has 4 rings (SSSR count). The number of fused-ring (bicyclic) bond motifs is 1. The number of allylic oxidation sites excluding steroid dienone is 1. The highest BCUT2D eigenvalue weighted by molar-refractivity contribution is 6.14. The molecule has 2 aromatic carbocycles. The van der Waals surface area contributed by atoms with Crippen molar-refractivity contribution in [1.29, 1.82) is 0 Å². The van der Waals surface area contributed by atoms with E-state index >= 15 is 0 Å². The first kappa shape index (κ1) is 17.4. The van der Waals surface area contributed by atoms with Crippen LogP contribution in [0.1, 0.15) is 21.5 Å². The summed E-state index contributed by atoms with van der Waals surface area (Å²) in [6, 6.07) is 17.7. The van der Waals surface area contributed by atoms with Crippen molar-refractivity contribution in [2.75, 3.05) is 0 Å². The molecule has 136 valence electrons. The molecule has 1 aliphatic rings. The zero-order chi connectivity index (χ0) is 19.3. The van der Waals surface area contributed by atoms with Crippen LogP contribution in [0.5, 0.6) is 11.5 Å². The lowest BCUT2D eigenvalue weighted by atomic mass is 10.1. The second-order valence-corrected chi connectivity index (χ2v) is 6.05. The van der Waals surface area contributed by atoms with Crippen LogP contribution in [-0.2, 0) is 4.79 Å². The lowest BCUT2D eigenvalue weighted by molar-refractivity contribution is -0.128. The SMILES string of the molecule is O=C(/C=C/c1ccccc1)Oc1ccc2c(c1)O/C(=C\c1cccnc1)C2=O. The van der Waals surface area contributed by atoms with Gasteiger partial charge in [0, 0.05) is 24.5 Å². The van der Waals surface area contributed by atoms with Crippen LogP contribution in [0.25, 0.3) is 12.2 Å². The molecule has 3 aromatic rings. The summed E-state index contributed by atoms with van der Waals surface area (Å²) in [5.74, 6) is 0.129. The van der Waals surface area contributed by atoms with Gasteiger partial charge in [0.1, 0.15) is 11.5 Å². The standard InChI is InChI=1S/C23H15NO4/c25-22(11-8-16-5-2-1-3-6-16)27-18-9-10-19-20(14-18)28-21(23(19)26)13-17-7-4-12-24-15-17/h1-15H/b11-8+,21-13-. The van der Waals surface area contributed by atoms with Crippen LogP contribution < -0.4 is 9.47 Å². The monoisotopic (exact) mass is 369 g/mol. The molecule has 0 unspecified atom stereocenters. The fourth-order valence-corrected chi connectivity index (χ4v) is 2.72. The van der Waals surface area contributed by atoms with Crippen molar-refractivity contribution in [2.24, 2.45) is 0 Å². The van der Waals surface area contributed by atoms with Gasteiger partial charge in [-0.25, -0.2) is 4.79 Å². The third kappa shape index (κ3) is 3.88. The van der Waals surface area contributed by atoms with E-state index in [1.807, 2.05) is 36.4 Å². The molecule has 1 aliphatic heterocycles. The first-order valence-electron chi connectivity index (χ1n) is 8.62. The van der Waals surface area contributed by atoms with Gasteiger partial charge in [-0.3, -0.25) is 9.78 Å². The topological polar surface area (TPSA) is 65.5 Å². The molecular weight excluding hydrogens is 354 g/mol. The Hall–Kier alpha value is -3.99. The van der Waals surface area contributed by atoms with Crippen LogP contribution in [0, 0.1) is 0 Å². The first-order valence-corrected chi connectivity index (χ1v) is 8.62. The second-order valence-electron chi connectivity index (χ2n) is 6.05. The predicted octanol–water partition coefficient (Wildman–Crippen LogP) is 4.32. The molecule has 0 spiro atoms. The fraction of sp³-hybridized carbons (Fsp3) is 0. The molecular formula is C23H15NO4. The Bertz CT molecular complexity index is 1090. The van der Waals surface area contributed by atoms with E-state index in [1.165, 1.54) is 12.1 Å². The number of esters is 1. The van der Waals surface area contributed by atoms with Crippen LogP contribution in [0.4, 0.5) is 0 Å². The highest BCUT2D eigenvalue weighted by Gasteiger charge is 2.27. The zero-order valence-corrected chi connectivity index (χ0v) is 14.7. The molecule has 0 fully saturated rings. The summed E-state index contributed by atoms with van der Waals surface area (Å²) in [4.78, 5) is 28.5. The fourth-order valence-electron chi connectivity index (χ4n) is 2.72. The predicted molar refractivity (Wildman–Crippen MR) is 105 cm³/mol. The maximum absolute atomic E-state index is 12.5. The number of nitrogens with zero attached hydrogens (tertiary/aromatic N) is 1. The van der Waals surface area contributed by atoms with Crippen molar-refractivity contribution in [3.63, 3.8) is 0 Å². The number of Topliss-reactive ketones (excluding diaryl/α,β-unsaturated/α-hetero) is 1. The lowest BCUT2D eigenvalue weighted by Crippen LogP contribution is -2.03. The number of hydrogen-bond acceptors (Lipinski definition) is 5. The van der Waals surface area contributed by atoms with Gasteiger partial charge in [0.25, 0.3) is 0 Å². The van der Waals surface area contributed by atoms with Crippen molar-refractivity contribution >= 4 is 23.9 Å². The summed E-state index contributed by atoms with van der Waals surface area (Å²) < 4.78 is 11.0. The van der Waals surface area contributed by atoms with Gasteiger partial charge in [0.05, 0.1) is 5.56 Å². The molecule has 28 heavy (non-hydrogen) atoms. The molecule has 5 nitrogen and oxygen atoms in total. The van der Waals surface area contributed by atoms with Gasteiger partial charge in [0.15, 0.2) is 5.76 Å². The zero-order valence-electron chi connectivity index (χ0n) is 14.7. The number of aromatic nitrogens is 1. The maximum atomic E-state index is 12.5. The average Bonchev–Trinajstić information content (AvgIpc) is 3.03. The van der Waals surface area contributed by atoms with Crippen molar-refractivity contribution in [1.82, 2.24) is 4.98 Å². The third-order valence-electron chi connectivity index (χ3n) is 4.05. The van der Waals surface area contributed by atoms with Gasteiger partial charge >= 0.3 is 5.97 Å². The second kappa shape index (κ2) is 7.72. The van der Waals surface area contributed by atoms with Gasteiger partial charge in [0.2, 0.25) is 5.78 Å². The number of carbonyl (C=O) groups is 2. The lowest BCUT2D eigenvalue weighted by Gasteiger charge is -2.03. The van der Waals surface area contributed by atoms with Crippen LogP contribution >= 0.6 is 0 Å². The Kier molecular flexibility index (Phi) is 4.80. The summed E-state index contributed by atoms with van der Waals surface area (Å²) in [6.07, 6.45) is 7.94. The number of pyridine rings is 1. The van der Waals surface area contributed by atoms with E-state index in [2.05, 4.69) is 4.98 Å². The summed E-state index contributed by atoms with van der Waals surface area (Å²) in [6.45, 7) is 0. The van der Waals surface area contributed by atoms with Gasteiger partial charge in [-0.05, 0) is 41.5 Å². The van der Waals surface area contributed by atoms with Crippen molar-refractivity contribution < 1.29 is 19.1 Å². The van der Waals surface area contributed by atoms with E-state index in [9.17, 15) is 9.59 Å². The Morgan fingerprint density at radius 2 is 1.82 bits per heavy atom. The summed E-state index contributed by atoms with van der Waals surface area (Å²) in [5, 5.41) is 0. The van der Waals surface area contributed by atoms with E-state index in [4.69, 9.17) is 9.47 Å².